The highest BCUT2D eigenvalue weighted by atomic mass is 32.2. The lowest BCUT2D eigenvalue weighted by molar-refractivity contribution is -0.143. The van der Waals surface area contributed by atoms with Crippen LogP contribution in [0.2, 0.25) is 0 Å². The van der Waals surface area contributed by atoms with Crippen molar-refractivity contribution in [2.75, 3.05) is 12.0 Å². The monoisotopic (exact) mass is 639 g/mol. The fourth-order valence-electron chi connectivity index (χ4n) is 4.02. The molecular formula is C28H41N5O10S. The van der Waals surface area contributed by atoms with E-state index in [0.717, 1.165) is 0 Å². The van der Waals surface area contributed by atoms with Crippen molar-refractivity contribution in [2.24, 2.45) is 11.7 Å². The number of nitrogens with one attached hydrogen (secondary N) is 4. The average Bonchev–Trinajstić information content (AvgIpc) is 2.93. The number of hydrogen-bond acceptors (Lipinski definition) is 9. The third-order valence-electron chi connectivity index (χ3n) is 6.22. The molecule has 16 heteroatoms. The zero-order chi connectivity index (χ0) is 33.4. The smallest absolute Gasteiger partial charge is 0.326 e. The lowest BCUT2D eigenvalue weighted by Gasteiger charge is -2.26. The van der Waals surface area contributed by atoms with Crippen molar-refractivity contribution in [1.29, 1.82) is 0 Å². The minimum absolute atomic E-state index is 0.0613. The lowest BCUT2D eigenvalue weighted by atomic mass is 10.0. The van der Waals surface area contributed by atoms with Crippen molar-refractivity contribution in [2.45, 2.75) is 76.2 Å². The first kappa shape index (κ1) is 37.8. The van der Waals surface area contributed by atoms with E-state index in [0.29, 0.717) is 11.3 Å². The van der Waals surface area contributed by atoms with Crippen molar-refractivity contribution in [3.63, 3.8) is 0 Å². The van der Waals surface area contributed by atoms with Crippen LogP contribution in [0, 0.1) is 5.92 Å². The summed E-state index contributed by atoms with van der Waals surface area (Å²) >= 11 is 1.36. The molecule has 0 saturated carbocycles. The van der Waals surface area contributed by atoms with Crippen molar-refractivity contribution < 1.29 is 48.9 Å². The Morgan fingerprint density at radius 1 is 0.727 bits per heavy atom. The van der Waals surface area contributed by atoms with Crippen molar-refractivity contribution in [1.82, 2.24) is 21.3 Å². The summed E-state index contributed by atoms with van der Waals surface area (Å²) in [5.41, 5.74) is 6.22. The predicted octanol–water partition coefficient (Wildman–Crippen LogP) is -0.671. The number of carbonyl (C=O) groups excluding carboxylic acids is 4. The van der Waals surface area contributed by atoms with Gasteiger partial charge in [0.1, 0.15) is 24.2 Å². The van der Waals surface area contributed by atoms with E-state index in [1.54, 1.807) is 50.4 Å². The van der Waals surface area contributed by atoms with Gasteiger partial charge in [0.25, 0.3) is 0 Å². The van der Waals surface area contributed by atoms with Crippen LogP contribution in [-0.4, -0.2) is 99.1 Å². The number of nitrogens with two attached hydrogens (primary N) is 1. The fourth-order valence-corrected chi connectivity index (χ4v) is 4.49. The maximum Gasteiger partial charge on any atom is 0.326 e. The van der Waals surface area contributed by atoms with Crippen LogP contribution in [-0.2, 0) is 40.0 Å². The molecule has 4 amide bonds. The van der Waals surface area contributed by atoms with Crippen LogP contribution in [0.5, 0.6) is 0 Å². The fraction of sp³-hybridized carbons (Fsp3) is 0.536. The Labute approximate surface area is 259 Å². The van der Waals surface area contributed by atoms with Gasteiger partial charge in [-0.25, -0.2) is 4.79 Å². The van der Waals surface area contributed by atoms with Gasteiger partial charge in [0, 0.05) is 6.42 Å². The second kappa shape index (κ2) is 19.2. The van der Waals surface area contributed by atoms with Crippen LogP contribution in [0.15, 0.2) is 30.3 Å². The second-order valence-electron chi connectivity index (χ2n) is 10.5. The number of aliphatic carboxylic acids is 3. The SMILES string of the molecule is CSCC[C@H](NC(=O)[C@H](CC(=O)O)NC(=O)[C@H](Cc1ccccc1)NC(=O)[C@@H](N)CC(=O)O)C(=O)N[C@@H](CC(C)C)C(=O)O. The van der Waals surface area contributed by atoms with E-state index in [9.17, 15) is 43.8 Å². The third-order valence-corrected chi connectivity index (χ3v) is 6.87. The summed E-state index contributed by atoms with van der Waals surface area (Å²) in [5, 5.41) is 37.4. The quantitative estimate of drug-likeness (QED) is 0.0884. The molecule has 0 unspecified atom stereocenters. The molecule has 0 aliphatic carbocycles. The molecule has 0 radical (unpaired) electrons. The Morgan fingerprint density at radius 2 is 1.23 bits per heavy atom. The summed E-state index contributed by atoms with van der Waals surface area (Å²) < 4.78 is 0. The molecule has 1 rings (SSSR count). The topological polar surface area (TPSA) is 254 Å². The summed E-state index contributed by atoms with van der Waals surface area (Å²) in [7, 11) is 0. The van der Waals surface area contributed by atoms with Crippen molar-refractivity contribution in [3.8, 4) is 0 Å². The molecule has 0 bridgehead atoms. The first-order valence-corrected chi connectivity index (χ1v) is 15.2. The minimum atomic E-state index is -1.70. The molecule has 5 atom stereocenters. The molecule has 0 heterocycles. The average molecular weight is 640 g/mol. The summed E-state index contributed by atoms with van der Waals surface area (Å²) in [4.78, 5) is 86.4. The maximum absolute atomic E-state index is 13.3. The Morgan fingerprint density at radius 3 is 1.75 bits per heavy atom. The molecule has 1 aromatic carbocycles. The number of amides is 4. The summed E-state index contributed by atoms with van der Waals surface area (Å²) in [6.45, 7) is 3.56. The van der Waals surface area contributed by atoms with Gasteiger partial charge in [0.15, 0.2) is 0 Å². The van der Waals surface area contributed by atoms with Gasteiger partial charge in [-0.3, -0.25) is 28.8 Å². The van der Waals surface area contributed by atoms with E-state index in [-0.39, 0.29) is 25.2 Å². The summed E-state index contributed by atoms with van der Waals surface area (Å²) in [5.74, 6) is -7.45. The minimum Gasteiger partial charge on any atom is -0.481 e. The number of benzene rings is 1. The Bertz CT molecular complexity index is 1170. The summed E-state index contributed by atoms with van der Waals surface area (Å²) in [6.07, 6.45) is 0.262. The Hall–Kier alpha value is -4.18. The van der Waals surface area contributed by atoms with Crippen LogP contribution in [0.1, 0.15) is 45.1 Å². The lowest BCUT2D eigenvalue weighted by Crippen LogP contribution is -2.59. The molecular weight excluding hydrogens is 598 g/mol. The predicted molar refractivity (Wildman–Crippen MR) is 160 cm³/mol. The molecule has 0 aliphatic heterocycles. The van der Waals surface area contributed by atoms with E-state index in [1.807, 2.05) is 0 Å². The highest BCUT2D eigenvalue weighted by Gasteiger charge is 2.33. The zero-order valence-corrected chi connectivity index (χ0v) is 25.6. The zero-order valence-electron chi connectivity index (χ0n) is 24.8. The first-order chi connectivity index (χ1) is 20.6. The van der Waals surface area contributed by atoms with Crippen LogP contribution in [0.4, 0.5) is 0 Å². The molecule has 44 heavy (non-hydrogen) atoms. The van der Waals surface area contributed by atoms with Gasteiger partial charge in [0.2, 0.25) is 23.6 Å². The number of carboxylic acids is 3. The van der Waals surface area contributed by atoms with E-state index >= 15 is 0 Å². The van der Waals surface area contributed by atoms with Gasteiger partial charge in [-0.1, -0.05) is 44.2 Å². The standard InChI is InChI=1S/C28H41N5O10S/c1-15(2)11-21(28(42)43)33-25(39)18(9-10-44-3)30-27(41)20(14-23(36)37)32-26(40)19(12-16-7-5-4-6-8-16)31-24(38)17(29)13-22(34)35/h4-8,15,17-21H,9-14,29H2,1-3H3,(H,30,41)(H,31,38)(H,32,40)(H,33,39)(H,34,35)(H,36,37)(H,42,43)/t17-,18-,19-,20-,21-/m0/s1. The highest BCUT2D eigenvalue weighted by Crippen LogP contribution is 2.09. The number of thioether (sulfide) groups is 1. The van der Waals surface area contributed by atoms with Crippen LogP contribution in [0.3, 0.4) is 0 Å². The maximum atomic E-state index is 13.3. The molecule has 1 aromatic rings. The van der Waals surface area contributed by atoms with Gasteiger partial charge < -0.3 is 42.3 Å². The number of rotatable bonds is 20. The van der Waals surface area contributed by atoms with Gasteiger partial charge in [-0.2, -0.15) is 11.8 Å². The third kappa shape index (κ3) is 14.3. The molecule has 9 N–H and O–H groups in total. The van der Waals surface area contributed by atoms with Crippen LogP contribution < -0.4 is 27.0 Å². The Kier molecular flexibility index (Phi) is 16.5. The number of carbonyl (C=O) groups is 7. The van der Waals surface area contributed by atoms with Crippen molar-refractivity contribution >= 4 is 53.3 Å². The van der Waals surface area contributed by atoms with Crippen molar-refractivity contribution in [3.05, 3.63) is 35.9 Å². The van der Waals surface area contributed by atoms with Gasteiger partial charge in [0.05, 0.1) is 18.9 Å². The first-order valence-electron chi connectivity index (χ1n) is 13.8. The molecule has 244 valence electrons. The van der Waals surface area contributed by atoms with Gasteiger partial charge in [-0.15, -0.1) is 0 Å². The summed E-state index contributed by atoms with van der Waals surface area (Å²) in [6, 6.07) is 1.36. The molecule has 0 saturated heterocycles. The molecule has 15 nitrogen and oxygen atoms in total. The van der Waals surface area contributed by atoms with E-state index in [4.69, 9.17) is 10.8 Å². The van der Waals surface area contributed by atoms with Crippen LogP contribution >= 0.6 is 11.8 Å². The van der Waals surface area contributed by atoms with Crippen LogP contribution in [0.25, 0.3) is 0 Å². The number of carboxylic acid groups (broad SMARTS) is 3. The molecule has 0 aromatic heterocycles. The van der Waals surface area contributed by atoms with E-state index in [1.165, 1.54) is 11.8 Å². The number of hydrogen-bond donors (Lipinski definition) is 8. The highest BCUT2D eigenvalue weighted by molar-refractivity contribution is 7.98. The Balaban J connectivity index is 3.21. The van der Waals surface area contributed by atoms with E-state index < -0.39 is 84.6 Å². The van der Waals surface area contributed by atoms with Gasteiger partial charge in [-0.05, 0) is 36.3 Å². The molecule has 0 fully saturated rings. The largest absolute Gasteiger partial charge is 0.481 e. The molecule has 0 spiro atoms. The van der Waals surface area contributed by atoms with E-state index in [2.05, 4.69) is 21.3 Å². The normalized spacial score (nSPS) is 14.3. The second-order valence-corrected chi connectivity index (χ2v) is 11.5. The van der Waals surface area contributed by atoms with Gasteiger partial charge >= 0.3 is 17.9 Å². The molecule has 0 aliphatic rings.